The second kappa shape index (κ2) is 5.64. The first-order chi connectivity index (χ1) is 7.43. The molecule has 0 aliphatic carbocycles. The Balaban J connectivity index is 2.56. The van der Waals surface area contributed by atoms with Crippen molar-refractivity contribution < 1.29 is 9.90 Å². The van der Waals surface area contributed by atoms with E-state index in [4.69, 9.17) is 5.11 Å². The third kappa shape index (κ3) is 3.19. The van der Waals surface area contributed by atoms with Crippen molar-refractivity contribution in [2.45, 2.75) is 38.8 Å². The summed E-state index contributed by atoms with van der Waals surface area (Å²) in [6.07, 6.45) is 2.39. The summed E-state index contributed by atoms with van der Waals surface area (Å²) in [7, 11) is 4.19. The number of likely N-dealkylation sites (tertiary alicyclic amines) is 1. The third-order valence-electron chi connectivity index (χ3n) is 3.85. The highest BCUT2D eigenvalue weighted by Gasteiger charge is 2.29. The van der Waals surface area contributed by atoms with Crippen molar-refractivity contribution in [2.24, 2.45) is 5.92 Å². The van der Waals surface area contributed by atoms with Gasteiger partial charge in [-0.3, -0.25) is 9.69 Å². The Morgan fingerprint density at radius 2 is 2.06 bits per heavy atom. The van der Waals surface area contributed by atoms with Gasteiger partial charge in [0.15, 0.2) is 0 Å². The monoisotopic (exact) mass is 228 g/mol. The molecule has 3 atom stereocenters. The molecule has 0 radical (unpaired) electrons. The van der Waals surface area contributed by atoms with E-state index in [0.29, 0.717) is 6.04 Å². The van der Waals surface area contributed by atoms with E-state index in [1.807, 2.05) is 6.92 Å². The molecule has 0 amide bonds. The fourth-order valence-corrected chi connectivity index (χ4v) is 2.30. The molecule has 3 unspecified atom stereocenters. The number of rotatable bonds is 4. The molecule has 4 heteroatoms. The normalized spacial score (nSPS) is 26.7. The smallest absolute Gasteiger partial charge is 0.307 e. The van der Waals surface area contributed by atoms with Crippen LogP contribution in [0, 0.1) is 5.92 Å². The number of nitrogens with zero attached hydrogens (tertiary/aromatic N) is 2. The molecule has 0 aromatic rings. The second-order valence-corrected chi connectivity index (χ2v) is 5.12. The Kier molecular flexibility index (Phi) is 4.74. The van der Waals surface area contributed by atoms with Crippen LogP contribution in [0.5, 0.6) is 0 Å². The standard InChI is InChI=1S/C12H24N2O2/c1-9(12(15)16)10(2)14-7-5-6-11(8-14)13(3)4/h9-11H,5-8H2,1-4H3,(H,15,16). The molecule has 1 heterocycles. The zero-order chi connectivity index (χ0) is 12.3. The lowest BCUT2D eigenvalue weighted by atomic mass is 9.97. The van der Waals surface area contributed by atoms with E-state index < -0.39 is 5.97 Å². The lowest BCUT2D eigenvalue weighted by molar-refractivity contribution is -0.143. The largest absolute Gasteiger partial charge is 0.481 e. The molecule has 0 aromatic heterocycles. The van der Waals surface area contributed by atoms with Gasteiger partial charge in [-0.2, -0.15) is 0 Å². The zero-order valence-electron chi connectivity index (χ0n) is 10.8. The maximum Gasteiger partial charge on any atom is 0.307 e. The predicted octanol–water partition coefficient (Wildman–Crippen LogP) is 1.12. The quantitative estimate of drug-likeness (QED) is 0.783. The summed E-state index contributed by atoms with van der Waals surface area (Å²) in [5, 5.41) is 9.02. The number of carboxylic acid groups (broad SMARTS) is 1. The summed E-state index contributed by atoms with van der Waals surface area (Å²) in [4.78, 5) is 15.5. The van der Waals surface area contributed by atoms with Crippen LogP contribution >= 0.6 is 0 Å². The minimum atomic E-state index is -0.695. The van der Waals surface area contributed by atoms with E-state index in [1.54, 1.807) is 6.92 Å². The van der Waals surface area contributed by atoms with Crippen molar-refractivity contribution in [1.29, 1.82) is 0 Å². The highest BCUT2D eigenvalue weighted by Crippen LogP contribution is 2.19. The number of hydrogen-bond donors (Lipinski definition) is 1. The molecule has 1 N–H and O–H groups in total. The lowest BCUT2D eigenvalue weighted by Crippen LogP contribution is -2.51. The fourth-order valence-electron chi connectivity index (χ4n) is 2.30. The molecule has 16 heavy (non-hydrogen) atoms. The van der Waals surface area contributed by atoms with Crippen LogP contribution in [0.4, 0.5) is 0 Å². The molecule has 0 saturated carbocycles. The number of hydrogen-bond acceptors (Lipinski definition) is 3. The van der Waals surface area contributed by atoms with Crippen LogP contribution in [-0.4, -0.2) is 60.1 Å². The first-order valence-corrected chi connectivity index (χ1v) is 6.06. The van der Waals surface area contributed by atoms with Gasteiger partial charge in [-0.25, -0.2) is 0 Å². The van der Waals surface area contributed by atoms with Crippen LogP contribution in [0.2, 0.25) is 0 Å². The number of likely N-dealkylation sites (N-methyl/N-ethyl adjacent to an activating group) is 1. The van der Waals surface area contributed by atoms with E-state index >= 15 is 0 Å². The van der Waals surface area contributed by atoms with Crippen LogP contribution in [0.3, 0.4) is 0 Å². The van der Waals surface area contributed by atoms with E-state index in [1.165, 1.54) is 12.8 Å². The van der Waals surface area contributed by atoms with Crippen molar-refractivity contribution in [2.75, 3.05) is 27.2 Å². The molecule has 1 fully saturated rings. The fraction of sp³-hybridized carbons (Fsp3) is 0.917. The van der Waals surface area contributed by atoms with E-state index in [0.717, 1.165) is 13.1 Å². The van der Waals surface area contributed by atoms with Crippen molar-refractivity contribution >= 4 is 5.97 Å². The van der Waals surface area contributed by atoms with E-state index in [2.05, 4.69) is 23.9 Å². The molecule has 0 spiro atoms. The molecule has 4 nitrogen and oxygen atoms in total. The van der Waals surface area contributed by atoms with Gasteiger partial charge in [0, 0.05) is 18.6 Å². The summed E-state index contributed by atoms with van der Waals surface area (Å²) >= 11 is 0. The number of aliphatic carboxylic acids is 1. The van der Waals surface area contributed by atoms with Crippen LogP contribution in [0.15, 0.2) is 0 Å². The SMILES string of the molecule is CC(C(=O)O)C(C)N1CCCC(N(C)C)C1. The zero-order valence-corrected chi connectivity index (χ0v) is 10.8. The van der Waals surface area contributed by atoms with Crippen LogP contribution in [0.1, 0.15) is 26.7 Å². The van der Waals surface area contributed by atoms with Gasteiger partial charge in [0.25, 0.3) is 0 Å². The van der Waals surface area contributed by atoms with Gasteiger partial charge < -0.3 is 10.0 Å². The highest BCUT2D eigenvalue weighted by atomic mass is 16.4. The topological polar surface area (TPSA) is 43.8 Å². The van der Waals surface area contributed by atoms with Gasteiger partial charge in [-0.1, -0.05) is 6.92 Å². The maximum atomic E-state index is 11.0. The molecular formula is C12H24N2O2. The van der Waals surface area contributed by atoms with E-state index in [9.17, 15) is 4.79 Å². The summed E-state index contributed by atoms with van der Waals surface area (Å²) in [5.74, 6) is -0.986. The number of carboxylic acids is 1. The molecule has 1 rings (SSSR count). The van der Waals surface area contributed by atoms with Crippen molar-refractivity contribution in [3.63, 3.8) is 0 Å². The van der Waals surface area contributed by atoms with Crippen LogP contribution in [-0.2, 0) is 4.79 Å². The average molecular weight is 228 g/mol. The molecule has 1 saturated heterocycles. The molecule has 94 valence electrons. The summed E-state index contributed by atoms with van der Waals surface area (Å²) in [6.45, 7) is 5.85. The predicted molar refractivity (Wildman–Crippen MR) is 64.5 cm³/mol. The van der Waals surface area contributed by atoms with Crippen molar-refractivity contribution in [3.8, 4) is 0 Å². The maximum absolute atomic E-state index is 11.0. The van der Waals surface area contributed by atoms with Gasteiger partial charge in [0.1, 0.15) is 0 Å². The van der Waals surface area contributed by atoms with Gasteiger partial charge >= 0.3 is 5.97 Å². The molecular weight excluding hydrogens is 204 g/mol. The Labute approximate surface area is 98.2 Å². The first-order valence-electron chi connectivity index (χ1n) is 6.06. The summed E-state index contributed by atoms with van der Waals surface area (Å²) in [5.41, 5.74) is 0. The minimum Gasteiger partial charge on any atom is -0.481 e. The van der Waals surface area contributed by atoms with Gasteiger partial charge in [-0.15, -0.1) is 0 Å². The minimum absolute atomic E-state index is 0.125. The molecule has 0 aromatic carbocycles. The van der Waals surface area contributed by atoms with Gasteiger partial charge in [0.05, 0.1) is 5.92 Å². The molecule has 1 aliphatic rings. The first kappa shape index (κ1) is 13.5. The second-order valence-electron chi connectivity index (χ2n) is 5.12. The van der Waals surface area contributed by atoms with Crippen LogP contribution < -0.4 is 0 Å². The summed E-state index contributed by atoms with van der Waals surface area (Å²) in [6, 6.07) is 0.692. The van der Waals surface area contributed by atoms with E-state index in [-0.39, 0.29) is 12.0 Å². The Bertz CT molecular complexity index is 243. The Morgan fingerprint density at radius 1 is 1.44 bits per heavy atom. The van der Waals surface area contributed by atoms with Crippen molar-refractivity contribution in [3.05, 3.63) is 0 Å². The lowest BCUT2D eigenvalue weighted by Gasteiger charge is -2.40. The van der Waals surface area contributed by atoms with Gasteiger partial charge in [0.2, 0.25) is 0 Å². The van der Waals surface area contributed by atoms with Crippen molar-refractivity contribution in [1.82, 2.24) is 9.80 Å². The number of carbonyl (C=O) groups is 1. The number of piperidine rings is 1. The van der Waals surface area contributed by atoms with Crippen LogP contribution in [0.25, 0.3) is 0 Å². The highest BCUT2D eigenvalue weighted by molar-refractivity contribution is 5.70. The molecule has 0 bridgehead atoms. The average Bonchev–Trinajstić information content (AvgIpc) is 2.27. The summed E-state index contributed by atoms with van der Waals surface area (Å²) < 4.78 is 0. The van der Waals surface area contributed by atoms with Gasteiger partial charge in [-0.05, 0) is 40.4 Å². The third-order valence-corrected chi connectivity index (χ3v) is 3.85. The Hall–Kier alpha value is -0.610. The molecule has 1 aliphatic heterocycles. The Morgan fingerprint density at radius 3 is 2.56 bits per heavy atom.